The number of nitrogens with zero attached hydrogens (tertiary/aromatic N) is 1. The molecule has 0 N–H and O–H groups in total. The first-order chi connectivity index (χ1) is 13.2. The highest BCUT2D eigenvalue weighted by Gasteiger charge is 2.25. The molecule has 0 saturated heterocycles. The summed E-state index contributed by atoms with van der Waals surface area (Å²) in [6, 6.07) is 10.0. The molecule has 0 saturated carbocycles. The zero-order chi connectivity index (χ0) is 18.8. The highest BCUT2D eigenvalue weighted by Crippen LogP contribution is 2.40. The van der Waals surface area contributed by atoms with Crippen LogP contribution in [0.15, 0.2) is 41.4 Å². The van der Waals surface area contributed by atoms with Gasteiger partial charge in [0.15, 0.2) is 23.0 Å². The van der Waals surface area contributed by atoms with E-state index in [1.54, 1.807) is 14.2 Å². The van der Waals surface area contributed by atoms with E-state index in [9.17, 15) is 0 Å². The summed E-state index contributed by atoms with van der Waals surface area (Å²) in [7, 11) is 3.27. The Morgan fingerprint density at radius 2 is 1.81 bits per heavy atom. The van der Waals surface area contributed by atoms with Crippen LogP contribution in [0.1, 0.15) is 36.0 Å². The molecule has 2 aromatic carbocycles. The molecule has 0 aromatic heterocycles. The molecule has 0 radical (unpaired) electrons. The lowest BCUT2D eigenvalue weighted by Crippen LogP contribution is -2.16. The SMILES string of the molecule is CCC1CN=C(C=Cc2ccc(OC)c(OC)c2)c2cc3c(cc21)OCO3. The quantitative estimate of drug-likeness (QED) is 0.786. The summed E-state index contributed by atoms with van der Waals surface area (Å²) in [4.78, 5) is 4.82. The molecule has 0 fully saturated rings. The maximum absolute atomic E-state index is 5.57. The van der Waals surface area contributed by atoms with Crippen LogP contribution in [0.2, 0.25) is 0 Å². The van der Waals surface area contributed by atoms with Gasteiger partial charge in [-0.05, 0) is 47.9 Å². The second kappa shape index (κ2) is 7.35. The highest BCUT2D eigenvalue weighted by molar-refractivity contribution is 6.12. The molecule has 5 heteroatoms. The first kappa shape index (κ1) is 17.5. The average Bonchev–Trinajstić information content (AvgIpc) is 3.17. The second-order valence-corrected chi connectivity index (χ2v) is 6.57. The summed E-state index contributed by atoms with van der Waals surface area (Å²) < 4.78 is 21.8. The van der Waals surface area contributed by atoms with Gasteiger partial charge in [-0.3, -0.25) is 4.99 Å². The molecule has 1 atom stereocenters. The molecule has 0 spiro atoms. The molecular weight excluding hydrogens is 342 g/mol. The zero-order valence-electron chi connectivity index (χ0n) is 15.8. The van der Waals surface area contributed by atoms with E-state index >= 15 is 0 Å². The fourth-order valence-corrected chi connectivity index (χ4v) is 3.53. The number of fused-ring (bicyclic) bond motifs is 2. The molecular formula is C22H23NO4. The van der Waals surface area contributed by atoms with Crippen molar-refractivity contribution in [1.82, 2.24) is 0 Å². The van der Waals surface area contributed by atoms with Crippen LogP contribution in [-0.2, 0) is 0 Å². The molecule has 2 heterocycles. The fourth-order valence-electron chi connectivity index (χ4n) is 3.53. The van der Waals surface area contributed by atoms with Crippen molar-refractivity contribution in [2.45, 2.75) is 19.3 Å². The van der Waals surface area contributed by atoms with E-state index < -0.39 is 0 Å². The zero-order valence-corrected chi connectivity index (χ0v) is 15.8. The third-order valence-corrected chi connectivity index (χ3v) is 5.08. The lowest BCUT2D eigenvalue weighted by molar-refractivity contribution is 0.174. The smallest absolute Gasteiger partial charge is 0.231 e. The van der Waals surface area contributed by atoms with Crippen molar-refractivity contribution in [3.8, 4) is 23.0 Å². The largest absolute Gasteiger partial charge is 0.493 e. The van der Waals surface area contributed by atoms with E-state index in [-0.39, 0.29) is 6.79 Å². The van der Waals surface area contributed by atoms with Gasteiger partial charge in [0.1, 0.15) is 0 Å². The molecule has 0 aliphatic carbocycles. The fraction of sp³-hybridized carbons (Fsp3) is 0.318. The Morgan fingerprint density at radius 1 is 1.04 bits per heavy atom. The van der Waals surface area contributed by atoms with E-state index in [4.69, 9.17) is 23.9 Å². The molecule has 0 bridgehead atoms. The molecule has 0 amide bonds. The van der Waals surface area contributed by atoms with Crippen LogP contribution in [0, 0.1) is 0 Å². The third-order valence-electron chi connectivity index (χ3n) is 5.08. The average molecular weight is 365 g/mol. The van der Waals surface area contributed by atoms with Crippen LogP contribution >= 0.6 is 0 Å². The topological polar surface area (TPSA) is 49.3 Å². The minimum Gasteiger partial charge on any atom is -0.493 e. The molecule has 5 nitrogen and oxygen atoms in total. The van der Waals surface area contributed by atoms with E-state index in [1.165, 1.54) is 5.56 Å². The number of allylic oxidation sites excluding steroid dienone is 1. The summed E-state index contributed by atoms with van der Waals surface area (Å²) in [5.41, 5.74) is 4.39. The van der Waals surface area contributed by atoms with Gasteiger partial charge in [-0.1, -0.05) is 19.1 Å². The van der Waals surface area contributed by atoms with Crippen molar-refractivity contribution in [1.29, 1.82) is 0 Å². The van der Waals surface area contributed by atoms with Crippen molar-refractivity contribution < 1.29 is 18.9 Å². The molecule has 27 heavy (non-hydrogen) atoms. The van der Waals surface area contributed by atoms with Crippen molar-refractivity contribution >= 4 is 11.8 Å². The van der Waals surface area contributed by atoms with Crippen LogP contribution in [0.5, 0.6) is 23.0 Å². The van der Waals surface area contributed by atoms with Gasteiger partial charge in [0.05, 0.1) is 19.9 Å². The van der Waals surface area contributed by atoms with E-state index in [0.29, 0.717) is 17.4 Å². The van der Waals surface area contributed by atoms with Crippen LogP contribution in [-0.4, -0.2) is 33.3 Å². The molecule has 140 valence electrons. The summed E-state index contributed by atoms with van der Waals surface area (Å²) in [5.74, 6) is 3.45. The van der Waals surface area contributed by atoms with E-state index in [0.717, 1.165) is 41.3 Å². The maximum Gasteiger partial charge on any atom is 0.231 e. The minimum absolute atomic E-state index is 0.281. The lowest BCUT2D eigenvalue weighted by atomic mass is 9.87. The Balaban J connectivity index is 1.67. The molecule has 1 unspecified atom stereocenters. The van der Waals surface area contributed by atoms with Gasteiger partial charge in [0.2, 0.25) is 6.79 Å². The predicted molar refractivity (Wildman–Crippen MR) is 106 cm³/mol. The number of aliphatic imine (C=N–C) groups is 1. The van der Waals surface area contributed by atoms with E-state index in [1.807, 2.05) is 30.4 Å². The van der Waals surface area contributed by atoms with Gasteiger partial charge in [-0.15, -0.1) is 0 Å². The van der Waals surface area contributed by atoms with Crippen LogP contribution in [0.25, 0.3) is 6.08 Å². The standard InChI is InChI=1S/C22H23NO4/c1-4-15-12-23-18(17-11-22-21(10-16(15)17)26-13-27-22)7-5-14-6-8-19(24-2)20(9-14)25-3/h5-11,15H,4,12-13H2,1-3H3. The monoisotopic (exact) mass is 365 g/mol. The summed E-state index contributed by atoms with van der Waals surface area (Å²) in [6.45, 7) is 3.26. The Labute approximate surface area is 159 Å². The first-order valence-electron chi connectivity index (χ1n) is 9.12. The van der Waals surface area contributed by atoms with Crippen molar-refractivity contribution in [3.63, 3.8) is 0 Å². The Morgan fingerprint density at radius 3 is 2.56 bits per heavy atom. The highest BCUT2D eigenvalue weighted by atomic mass is 16.7. The molecule has 2 aromatic rings. The third kappa shape index (κ3) is 3.25. The molecule has 2 aliphatic heterocycles. The van der Waals surface area contributed by atoms with Gasteiger partial charge in [-0.25, -0.2) is 0 Å². The number of hydrogen-bond donors (Lipinski definition) is 0. The van der Waals surface area contributed by atoms with Gasteiger partial charge >= 0.3 is 0 Å². The van der Waals surface area contributed by atoms with Gasteiger partial charge < -0.3 is 18.9 Å². The Hall–Kier alpha value is -2.95. The number of rotatable bonds is 5. The lowest BCUT2D eigenvalue weighted by Gasteiger charge is -2.23. The predicted octanol–water partition coefficient (Wildman–Crippen LogP) is 4.44. The first-order valence-corrected chi connectivity index (χ1v) is 9.12. The van der Waals surface area contributed by atoms with Crippen molar-refractivity contribution in [2.75, 3.05) is 27.6 Å². The van der Waals surface area contributed by atoms with Gasteiger partial charge in [0.25, 0.3) is 0 Å². The summed E-state index contributed by atoms with van der Waals surface area (Å²) >= 11 is 0. The Bertz CT molecular complexity index is 917. The van der Waals surface area contributed by atoms with Crippen LogP contribution in [0.3, 0.4) is 0 Å². The van der Waals surface area contributed by atoms with Gasteiger partial charge in [-0.2, -0.15) is 0 Å². The Kier molecular flexibility index (Phi) is 4.75. The summed E-state index contributed by atoms with van der Waals surface area (Å²) in [6.07, 6.45) is 5.14. The number of hydrogen-bond acceptors (Lipinski definition) is 5. The van der Waals surface area contributed by atoms with Gasteiger partial charge in [0, 0.05) is 18.0 Å². The molecule has 2 aliphatic rings. The van der Waals surface area contributed by atoms with Crippen molar-refractivity contribution in [2.24, 2.45) is 4.99 Å². The number of benzene rings is 2. The van der Waals surface area contributed by atoms with Crippen LogP contribution < -0.4 is 18.9 Å². The summed E-state index contributed by atoms with van der Waals surface area (Å²) in [5, 5.41) is 0. The maximum atomic E-state index is 5.57. The second-order valence-electron chi connectivity index (χ2n) is 6.57. The number of methoxy groups -OCH3 is 2. The normalized spacial score (nSPS) is 17.6. The number of ether oxygens (including phenoxy) is 4. The van der Waals surface area contributed by atoms with Crippen LogP contribution in [0.4, 0.5) is 0 Å². The molecule has 4 rings (SSSR count). The van der Waals surface area contributed by atoms with E-state index in [2.05, 4.69) is 19.1 Å². The minimum atomic E-state index is 0.281. The van der Waals surface area contributed by atoms with Crippen molar-refractivity contribution in [3.05, 3.63) is 53.1 Å².